The Bertz CT molecular complexity index is 634. The molecule has 1 heterocycles. The monoisotopic (exact) mass is 332 g/mol. The largest absolute Gasteiger partial charge is 0.348 e. The minimum absolute atomic E-state index is 0.188. The zero-order valence-electron chi connectivity index (χ0n) is 9.00. The van der Waals surface area contributed by atoms with Crippen LogP contribution in [0.2, 0.25) is 0 Å². The smallest absolute Gasteiger partial charge is 0.301 e. The van der Waals surface area contributed by atoms with Crippen molar-refractivity contribution in [1.29, 1.82) is 5.41 Å². The highest BCUT2D eigenvalue weighted by Crippen LogP contribution is 2.32. The van der Waals surface area contributed by atoms with Crippen molar-refractivity contribution in [3.63, 3.8) is 0 Å². The Balaban J connectivity index is 2.58. The molecule has 0 atom stereocenters. The van der Waals surface area contributed by atoms with Gasteiger partial charge in [0.15, 0.2) is 0 Å². The van der Waals surface area contributed by atoms with Crippen molar-refractivity contribution in [1.82, 2.24) is 4.57 Å². The number of hydrogen-bond acceptors (Lipinski definition) is 1. The zero-order valence-corrected chi connectivity index (χ0v) is 11.3. The van der Waals surface area contributed by atoms with Gasteiger partial charge in [-0.15, -0.1) is 0 Å². The van der Waals surface area contributed by atoms with E-state index in [4.69, 9.17) is 17.0 Å². The molecule has 0 bridgehead atoms. The average molecular weight is 334 g/mol. The number of nitrogens with zero attached hydrogens (tertiary/aromatic N) is 1. The third kappa shape index (κ3) is 2.79. The van der Waals surface area contributed by atoms with Gasteiger partial charge in [-0.2, -0.15) is 8.78 Å². The van der Waals surface area contributed by atoms with Crippen molar-refractivity contribution in [3.8, 4) is 5.69 Å². The van der Waals surface area contributed by atoms with Crippen LogP contribution in [0.15, 0.2) is 47.1 Å². The van der Waals surface area contributed by atoms with E-state index in [0.29, 0.717) is 5.69 Å². The Morgan fingerprint density at radius 3 is 2.61 bits per heavy atom. The van der Waals surface area contributed by atoms with Crippen molar-refractivity contribution in [2.45, 2.75) is 5.38 Å². The Labute approximate surface area is 115 Å². The summed E-state index contributed by atoms with van der Waals surface area (Å²) in [5.41, 5.74) is 0.348. The van der Waals surface area contributed by atoms with Crippen LogP contribution in [0.4, 0.5) is 8.78 Å². The summed E-state index contributed by atoms with van der Waals surface area (Å²) < 4.78 is 28.3. The lowest BCUT2D eigenvalue weighted by atomic mass is 10.2. The molecule has 0 saturated carbocycles. The molecule has 1 aromatic heterocycles. The molecule has 0 aliphatic rings. The molecular formula is C12H8BrClF2N2. The Morgan fingerprint density at radius 1 is 1.22 bits per heavy atom. The molecule has 1 N–H and O–H groups in total. The van der Waals surface area contributed by atoms with Crippen LogP contribution in [-0.2, 0) is 5.38 Å². The van der Waals surface area contributed by atoms with Crippen LogP contribution in [-0.4, -0.2) is 4.57 Å². The van der Waals surface area contributed by atoms with Crippen LogP contribution in [0.3, 0.4) is 0 Å². The van der Waals surface area contributed by atoms with Gasteiger partial charge in [0, 0.05) is 21.9 Å². The maximum Gasteiger partial charge on any atom is 0.348 e. The Morgan fingerprint density at radius 2 is 1.94 bits per heavy atom. The molecule has 6 heteroatoms. The number of benzene rings is 1. The molecule has 0 fully saturated rings. The molecule has 2 rings (SSSR count). The van der Waals surface area contributed by atoms with Gasteiger partial charge in [0.05, 0.1) is 0 Å². The quantitative estimate of drug-likeness (QED) is 0.805. The number of rotatable bonds is 2. The summed E-state index contributed by atoms with van der Waals surface area (Å²) in [6, 6.07) is 8.90. The summed E-state index contributed by atoms with van der Waals surface area (Å²) in [5, 5.41) is 4.34. The highest BCUT2D eigenvalue weighted by molar-refractivity contribution is 9.10. The van der Waals surface area contributed by atoms with Crippen LogP contribution in [0.5, 0.6) is 0 Å². The van der Waals surface area contributed by atoms with E-state index < -0.39 is 5.38 Å². The minimum atomic E-state index is -3.41. The highest BCUT2D eigenvalue weighted by atomic mass is 79.9. The second-order valence-electron chi connectivity index (χ2n) is 3.65. The van der Waals surface area contributed by atoms with E-state index >= 15 is 0 Å². The van der Waals surface area contributed by atoms with Crippen LogP contribution in [0, 0.1) is 5.41 Å². The van der Waals surface area contributed by atoms with Gasteiger partial charge in [-0.1, -0.05) is 12.1 Å². The van der Waals surface area contributed by atoms with E-state index in [-0.39, 0.29) is 11.1 Å². The lowest BCUT2D eigenvalue weighted by Crippen LogP contribution is -2.17. The molecule has 0 amide bonds. The fourth-order valence-electron chi connectivity index (χ4n) is 1.52. The molecule has 0 aliphatic heterocycles. The van der Waals surface area contributed by atoms with E-state index in [9.17, 15) is 8.78 Å². The first-order chi connectivity index (χ1) is 8.38. The maximum atomic E-state index is 13.0. The molecule has 94 valence electrons. The van der Waals surface area contributed by atoms with Gasteiger partial charge in [-0.25, -0.2) is 0 Å². The van der Waals surface area contributed by atoms with Crippen LogP contribution in [0.25, 0.3) is 5.69 Å². The third-order valence-electron chi connectivity index (χ3n) is 2.36. The highest BCUT2D eigenvalue weighted by Gasteiger charge is 2.27. The number of halogens is 4. The van der Waals surface area contributed by atoms with Gasteiger partial charge in [-0.3, -0.25) is 5.41 Å². The number of hydrogen-bond donors (Lipinski definition) is 1. The Hall–Kier alpha value is -1.20. The van der Waals surface area contributed by atoms with Crippen LogP contribution in [0.1, 0.15) is 5.56 Å². The number of aromatic nitrogens is 1. The molecule has 0 aliphatic carbocycles. The predicted octanol–water partition coefficient (Wildman–Crippen LogP) is 4.01. The Kier molecular flexibility index (Phi) is 3.54. The molecular weight excluding hydrogens is 325 g/mol. The minimum Gasteiger partial charge on any atom is -0.301 e. The number of alkyl halides is 3. The lowest BCUT2D eigenvalue weighted by molar-refractivity contribution is 0.0951. The molecule has 0 saturated heterocycles. The summed E-state index contributed by atoms with van der Waals surface area (Å²) in [7, 11) is 0. The van der Waals surface area contributed by atoms with E-state index in [1.165, 1.54) is 22.8 Å². The van der Waals surface area contributed by atoms with E-state index in [1.807, 2.05) is 0 Å². The molecule has 2 nitrogen and oxygen atoms in total. The molecule has 0 radical (unpaired) electrons. The zero-order chi connectivity index (χ0) is 13.3. The van der Waals surface area contributed by atoms with Crippen LogP contribution >= 0.6 is 27.5 Å². The summed E-state index contributed by atoms with van der Waals surface area (Å²) in [6.07, 6.45) is 1.63. The first-order valence-electron chi connectivity index (χ1n) is 4.98. The van der Waals surface area contributed by atoms with Gasteiger partial charge in [0.2, 0.25) is 0 Å². The fraction of sp³-hybridized carbons (Fsp3) is 0.0833. The normalized spacial score (nSPS) is 11.6. The number of nitrogens with one attached hydrogen (secondary N) is 1. The molecule has 0 spiro atoms. The molecule has 1 aromatic carbocycles. The third-order valence-corrected chi connectivity index (χ3v) is 3.05. The second-order valence-corrected chi connectivity index (χ2v) is 5.04. The van der Waals surface area contributed by atoms with Crippen molar-refractivity contribution in [2.75, 3.05) is 0 Å². The van der Waals surface area contributed by atoms with Gasteiger partial charge in [-0.05, 0) is 51.8 Å². The van der Waals surface area contributed by atoms with Crippen molar-refractivity contribution < 1.29 is 8.78 Å². The average Bonchev–Trinajstić information content (AvgIpc) is 2.31. The van der Waals surface area contributed by atoms with Crippen molar-refractivity contribution in [2.24, 2.45) is 0 Å². The van der Waals surface area contributed by atoms with E-state index in [2.05, 4.69) is 15.9 Å². The van der Waals surface area contributed by atoms with Gasteiger partial charge in [0.1, 0.15) is 5.49 Å². The van der Waals surface area contributed by atoms with Crippen molar-refractivity contribution in [3.05, 3.63) is 58.1 Å². The van der Waals surface area contributed by atoms with Crippen molar-refractivity contribution >= 4 is 27.5 Å². The molecule has 2 aromatic rings. The van der Waals surface area contributed by atoms with Gasteiger partial charge < -0.3 is 4.57 Å². The summed E-state index contributed by atoms with van der Waals surface area (Å²) in [4.78, 5) is 0. The summed E-state index contributed by atoms with van der Waals surface area (Å²) in [5.74, 6) is 0. The fourth-order valence-corrected chi connectivity index (χ4v) is 1.97. The van der Waals surface area contributed by atoms with E-state index in [1.54, 1.807) is 24.4 Å². The molecule has 0 unspecified atom stereocenters. The standard InChI is InChI=1S/C12H8BrClF2N2/c13-9-4-5-11(17)18(7-9)10-3-1-2-8(6-10)12(14,15)16/h1-7,17H. The lowest BCUT2D eigenvalue weighted by Gasteiger charge is -2.12. The van der Waals surface area contributed by atoms with E-state index in [0.717, 1.165) is 4.47 Å². The SMILES string of the molecule is N=c1ccc(Br)cn1-c1cccc(C(F)(F)Cl)c1. The first-order valence-corrected chi connectivity index (χ1v) is 6.15. The summed E-state index contributed by atoms with van der Waals surface area (Å²) >= 11 is 8.26. The molecule has 18 heavy (non-hydrogen) atoms. The van der Waals surface area contributed by atoms with Gasteiger partial charge in [0.25, 0.3) is 0 Å². The number of pyridine rings is 1. The summed E-state index contributed by atoms with van der Waals surface area (Å²) in [6.45, 7) is 0. The predicted molar refractivity (Wildman–Crippen MR) is 69.1 cm³/mol. The van der Waals surface area contributed by atoms with Crippen LogP contribution < -0.4 is 5.49 Å². The first kappa shape index (κ1) is 13.2. The van der Waals surface area contributed by atoms with Gasteiger partial charge >= 0.3 is 5.38 Å². The second kappa shape index (κ2) is 4.82. The topological polar surface area (TPSA) is 28.8 Å². The maximum absolute atomic E-state index is 13.0.